The van der Waals surface area contributed by atoms with Crippen molar-refractivity contribution in [1.29, 1.82) is 0 Å². The molecule has 5 rings (SSSR count). The number of nitrogens with zero attached hydrogens (tertiary/aromatic N) is 6. The monoisotopic (exact) mass is 734 g/mol. The van der Waals surface area contributed by atoms with E-state index in [9.17, 15) is 14.0 Å². The van der Waals surface area contributed by atoms with Crippen LogP contribution in [-0.4, -0.2) is 88.5 Å². The fourth-order valence-corrected chi connectivity index (χ4v) is 7.75. The summed E-state index contributed by atoms with van der Waals surface area (Å²) in [7, 11) is -2.02. The van der Waals surface area contributed by atoms with Gasteiger partial charge in [0.15, 0.2) is 8.32 Å². The van der Waals surface area contributed by atoms with Gasteiger partial charge in [0.25, 0.3) is 0 Å². The molecule has 0 spiro atoms. The van der Waals surface area contributed by atoms with Crippen molar-refractivity contribution in [3.63, 3.8) is 0 Å². The molecule has 1 aromatic carbocycles. The summed E-state index contributed by atoms with van der Waals surface area (Å²) in [5.41, 5.74) is 3.67. The van der Waals surface area contributed by atoms with E-state index in [-0.39, 0.29) is 46.9 Å². The number of imidazole rings is 1. The van der Waals surface area contributed by atoms with Gasteiger partial charge in [-0.25, -0.2) is 14.2 Å². The lowest BCUT2D eigenvalue weighted by Gasteiger charge is -2.45. The molecule has 0 N–H and O–H groups in total. The maximum atomic E-state index is 14.4. The molecule has 12 heteroatoms. The van der Waals surface area contributed by atoms with Crippen LogP contribution in [0.4, 0.5) is 14.9 Å². The third-order valence-corrected chi connectivity index (χ3v) is 15.3. The summed E-state index contributed by atoms with van der Waals surface area (Å²) in [5, 5.41) is 0.0669. The first-order valence-electron chi connectivity index (χ1n) is 18.5. The first-order valence-corrected chi connectivity index (χ1v) is 21.4. The number of piperazine rings is 1. The molecule has 2 aliphatic heterocycles. The number of anilines is 1. The lowest BCUT2D eigenvalue weighted by Crippen LogP contribution is -2.62. The summed E-state index contributed by atoms with van der Waals surface area (Å²) in [4.78, 5) is 43.3. The molecule has 2 atom stereocenters. The van der Waals surface area contributed by atoms with Gasteiger partial charge in [0.2, 0.25) is 5.91 Å². The average molecular weight is 735 g/mol. The summed E-state index contributed by atoms with van der Waals surface area (Å²) < 4.78 is 28.2. The van der Waals surface area contributed by atoms with Crippen molar-refractivity contribution in [1.82, 2.24) is 24.3 Å². The Morgan fingerprint density at radius 3 is 2.31 bits per heavy atom. The minimum Gasteiger partial charge on any atom is -0.444 e. The normalized spacial score (nSPS) is 19.6. The van der Waals surface area contributed by atoms with Crippen molar-refractivity contribution >= 4 is 26.0 Å². The Morgan fingerprint density at radius 2 is 1.67 bits per heavy atom. The smallest absolute Gasteiger partial charge is 0.410 e. The second kappa shape index (κ2) is 14.7. The van der Waals surface area contributed by atoms with Crippen molar-refractivity contribution in [3.05, 3.63) is 76.9 Å². The Kier molecular flexibility index (Phi) is 11.2. The number of amides is 2. The zero-order valence-corrected chi connectivity index (χ0v) is 34.3. The van der Waals surface area contributed by atoms with Gasteiger partial charge in [0.1, 0.15) is 17.2 Å². The lowest BCUT2D eigenvalue weighted by atomic mass is 9.91. The minimum atomic E-state index is -2.02. The number of pyridine rings is 1. The number of hydrogen-bond donors (Lipinski definition) is 0. The van der Waals surface area contributed by atoms with Crippen molar-refractivity contribution in [2.24, 2.45) is 0 Å². The van der Waals surface area contributed by atoms with Crippen LogP contribution >= 0.6 is 0 Å². The van der Waals surface area contributed by atoms with E-state index < -0.39 is 13.9 Å². The number of halogens is 1. The van der Waals surface area contributed by atoms with E-state index in [4.69, 9.17) is 14.1 Å². The van der Waals surface area contributed by atoms with E-state index in [1.54, 1.807) is 17.0 Å². The maximum Gasteiger partial charge on any atom is 0.410 e. The van der Waals surface area contributed by atoms with Crippen LogP contribution in [0.5, 0.6) is 0 Å². The number of carbonyl (C=O) groups excluding carboxylic acids is 2. The van der Waals surface area contributed by atoms with Crippen LogP contribution in [0.1, 0.15) is 90.7 Å². The summed E-state index contributed by atoms with van der Waals surface area (Å²) in [6.07, 6.45) is 3.98. The number of carbonyl (C=O) groups is 2. The van der Waals surface area contributed by atoms with Gasteiger partial charge in [-0.3, -0.25) is 14.7 Å². The van der Waals surface area contributed by atoms with Crippen molar-refractivity contribution in [2.75, 3.05) is 31.1 Å². The molecule has 1 saturated heterocycles. The van der Waals surface area contributed by atoms with Gasteiger partial charge < -0.3 is 23.5 Å². The minimum absolute atomic E-state index is 0.0145. The molecule has 0 bridgehead atoms. The largest absolute Gasteiger partial charge is 0.444 e. The van der Waals surface area contributed by atoms with E-state index >= 15 is 0 Å². The third-order valence-electron chi connectivity index (χ3n) is 10.9. The molecule has 3 aromatic rings. The Balaban J connectivity index is 1.41. The summed E-state index contributed by atoms with van der Waals surface area (Å²) in [6.45, 7) is 27.6. The molecule has 2 amide bonds. The Hall–Kier alpha value is -3.61. The predicted octanol–water partition coefficient (Wildman–Crippen LogP) is 7.47. The predicted molar refractivity (Wildman–Crippen MR) is 206 cm³/mol. The van der Waals surface area contributed by atoms with Crippen LogP contribution in [-0.2, 0) is 38.9 Å². The highest BCUT2D eigenvalue weighted by Crippen LogP contribution is 2.40. The zero-order valence-electron chi connectivity index (χ0n) is 33.3. The molecule has 0 saturated carbocycles. The highest BCUT2D eigenvalue weighted by molar-refractivity contribution is 6.74. The topological polar surface area (TPSA) is 93.0 Å². The number of hydrogen-bond acceptors (Lipinski definition) is 7. The van der Waals surface area contributed by atoms with E-state index in [1.807, 2.05) is 51.9 Å². The number of ether oxygens (including phenoxy) is 1. The molecular formula is C40H59FN6O4Si. The lowest BCUT2D eigenvalue weighted by molar-refractivity contribution is -0.121. The number of rotatable bonds is 9. The Morgan fingerprint density at radius 1 is 1.00 bits per heavy atom. The van der Waals surface area contributed by atoms with E-state index in [0.717, 1.165) is 34.0 Å². The fraction of sp³-hybridized carbons (Fsp3) is 0.600. The van der Waals surface area contributed by atoms with Crippen molar-refractivity contribution in [3.8, 4) is 0 Å². The van der Waals surface area contributed by atoms with Gasteiger partial charge in [0.05, 0.1) is 36.4 Å². The summed E-state index contributed by atoms with van der Waals surface area (Å²) in [5.74, 6) is 0.574. The van der Waals surface area contributed by atoms with Crippen LogP contribution in [0.3, 0.4) is 0 Å². The second-order valence-electron chi connectivity index (χ2n) is 17.9. The van der Waals surface area contributed by atoms with Crippen LogP contribution in [0.25, 0.3) is 0 Å². The van der Waals surface area contributed by atoms with Gasteiger partial charge in [-0.15, -0.1) is 0 Å². The zero-order chi connectivity index (χ0) is 38.4. The highest BCUT2D eigenvalue weighted by Gasteiger charge is 2.43. The molecule has 2 aliphatic rings. The van der Waals surface area contributed by atoms with Crippen LogP contribution in [0.15, 0.2) is 42.7 Å². The number of benzene rings is 1. The molecule has 0 unspecified atom stereocenters. The van der Waals surface area contributed by atoms with Crippen LogP contribution in [0, 0.1) is 12.7 Å². The molecule has 284 valence electrons. The van der Waals surface area contributed by atoms with Gasteiger partial charge in [0, 0.05) is 49.9 Å². The van der Waals surface area contributed by atoms with Crippen molar-refractivity contribution in [2.45, 2.75) is 130 Å². The quantitative estimate of drug-likeness (QED) is 0.211. The maximum absolute atomic E-state index is 14.4. The summed E-state index contributed by atoms with van der Waals surface area (Å²) in [6, 6.07) is 8.18. The first-order chi connectivity index (χ1) is 24.0. The van der Waals surface area contributed by atoms with Crippen molar-refractivity contribution < 1.29 is 23.1 Å². The number of aromatic nitrogens is 3. The standard InChI is InChI=1S/C40H59FN6O4Si/c1-27-21-44(24-35(48)47-26-40(9,10)36-34(47)18-30(19-43-36)17-29-13-15-31(41)16-14-29)33(22-45(27)37(49)51-38(3,4)5)23-46-28(2)42-20-32(46)25-50-52(11,12)39(6,7)8/h13-16,18-20,27,33H,17,21-26H2,1-12H3/t27-,33-/m1/s1. The molecule has 2 aromatic heterocycles. The second-order valence-corrected chi connectivity index (χ2v) is 22.7. The highest BCUT2D eigenvalue weighted by atomic mass is 28.4. The molecule has 0 radical (unpaired) electrons. The third kappa shape index (κ3) is 8.94. The molecule has 10 nitrogen and oxygen atoms in total. The van der Waals surface area contributed by atoms with Crippen LogP contribution < -0.4 is 4.90 Å². The van der Waals surface area contributed by atoms with E-state index in [0.29, 0.717) is 39.2 Å². The first kappa shape index (κ1) is 39.6. The molecule has 0 aliphatic carbocycles. The Bertz CT molecular complexity index is 1760. The summed E-state index contributed by atoms with van der Waals surface area (Å²) >= 11 is 0. The fourth-order valence-electron chi connectivity index (χ4n) is 6.81. The number of fused-ring (bicyclic) bond motifs is 1. The van der Waals surface area contributed by atoms with E-state index in [2.05, 4.69) is 68.2 Å². The van der Waals surface area contributed by atoms with Crippen LogP contribution in [0.2, 0.25) is 18.1 Å². The SMILES string of the molecule is Cc1ncc(CO[Si](C)(C)C(C)(C)C)n1C[C@H]1CN(C(=O)OC(C)(C)C)[C@H](C)CN1CC(=O)N1CC(C)(C)c2ncc(Cc3ccc(F)cc3)cc21. The van der Waals surface area contributed by atoms with Gasteiger partial charge in [-0.2, -0.15) is 0 Å². The molecule has 4 heterocycles. The average Bonchev–Trinajstić information content (AvgIpc) is 3.51. The molecule has 1 fully saturated rings. The number of aryl methyl sites for hydroxylation is 1. The van der Waals surface area contributed by atoms with Gasteiger partial charge in [-0.05, 0) is 88.5 Å². The van der Waals surface area contributed by atoms with E-state index in [1.165, 1.54) is 12.1 Å². The molecule has 52 heavy (non-hydrogen) atoms. The molecular weight excluding hydrogens is 676 g/mol. The van der Waals surface area contributed by atoms with Gasteiger partial charge in [-0.1, -0.05) is 46.8 Å². The Labute approximate surface area is 310 Å². The van der Waals surface area contributed by atoms with Gasteiger partial charge >= 0.3 is 6.09 Å².